The second-order valence-electron chi connectivity index (χ2n) is 4.66. The van der Waals surface area contributed by atoms with Crippen LogP contribution in [-0.2, 0) is 6.54 Å². The van der Waals surface area contributed by atoms with Crippen molar-refractivity contribution in [3.05, 3.63) is 51.9 Å². The normalized spacial score (nSPS) is 12.4. The van der Waals surface area contributed by atoms with Gasteiger partial charge in [0, 0.05) is 6.54 Å². The third-order valence-corrected chi connectivity index (χ3v) is 3.62. The van der Waals surface area contributed by atoms with E-state index in [1.54, 1.807) is 18.2 Å². The standard InChI is InChI=1S/C15H17Cl2NO3/c1-10-5-6-12(21-10)8-18-7-11(19)9-20-14-4-2-3-13(16)15(14)17/h2-6,11,18-19H,7-9H2,1H3. The van der Waals surface area contributed by atoms with Crippen molar-refractivity contribution in [3.8, 4) is 5.75 Å². The van der Waals surface area contributed by atoms with E-state index in [0.717, 1.165) is 11.5 Å². The van der Waals surface area contributed by atoms with Gasteiger partial charge < -0.3 is 19.6 Å². The van der Waals surface area contributed by atoms with Crippen molar-refractivity contribution in [2.45, 2.75) is 19.6 Å². The molecular weight excluding hydrogens is 313 g/mol. The number of hydrogen-bond acceptors (Lipinski definition) is 4. The molecule has 0 aliphatic heterocycles. The van der Waals surface area contributed by atoms with Crippen LogP contribution in [0.25, 0.3) is 0 Å². The molecule has 2 rings (SSSR count). The number of aliphatic hydroxyl groups excluding tert-OH is 1. The number of aliphatic hydroxyl groups is 1. The number of benzene rings is 1. The number of ether oxygens (including phenoxy) is 1. The summed E-state index contributed by atoms with van der Waals surface area (Å²) in [6.45, 7) is 2.96. The smallest absolute Gasteiger partial charge is 0.139 e. The molecule has 0 spiro atoms. The van der Waals surface area contributed by atoms with Crippen molar-refractivity contribution in [2.24, 2.45) is 0 Å². The maximum Gasteiger partial charge on any atom is 0.139 e. The molecule has 1 unspecified atom stereocenters. The predicted molar refractivity (Wildman–Crippen MR) is 83.1 cm³/mol. The molecular formula is C15H17Cl2NO3. The fraction of sp³-hybridized carbons (Fsp3) is 0.333. The molecule has 6 heteroatoms. The maximum absolute atomic E-state index is 9.86. The minimum atomic E-state index is -0.656. The van der Waals surface area contributed by atoms with Crippen LogP contribution in [0.5, 0.6) is 5.75 Å². The highest BCUT2D eigenvalue weighted by atomic mass is 35.5. The van der Waals surface area contributed by atoms with Gasteiger partial charge in [0.1, 0.15) is 35.0 Å². The first-order valence-corrected chi connectivity index (χ1v) is 7.32. The zero-order chi connectivity index (χ0) is 15.2. The summed E-state index contributed by atoms with van der Waals surface area (Å²) in [5.41, 5.74) is 0. The minimum absolute atomic E-state index is 0.129. The monoisotopic (exact) mass is 329 g/mol. The molecule has 0 bridgehead atoms. The lowest BCUT2D eigenvalue weighted by molar-refractivity contribution is 0.106. The zero-order valence-electron chi connectivity index (χ0n) is 11.6. The predicted octanol–water partition coefficient (Wildman–Crippen LogP) is 3.42. The lowest BCUT2D eigenvalue weighted by Gasteiger charge is -2.14. The summed E-state index contributed by atoms with van der Waals surface area (Å²) < 4.78 is 10.9. The van der Waals surface area contributed by atoms with Gasteiger partial charge in [0.15, 0.2) is 0 Å². The molecule has 0 fully saturated rings. The Hall–Kier alpha value is -1.20. The summed E-state index contributed by atoms with van der Waals surface area (Å²) in [5, 5.41) is 13.7. The lowest BCUT2D eigenvalue weighted by Crippen LogP contribution is -2.31. The van der Waals surface area contributed by atoms with E-state index in [1.165, 1.54) is 0 Å². The quantitative estimate of drug-likeness (QED) is 0.817. The third kappa shape index (κ3) is 4.93. The van der Waals surface area contributed by atoms with Gasteiger partial charge in [-0.25, -0.2) is 0 Å². The lowest BCUT2D eigenvalue weighted by atomic mass is 10.3. The van der Waals surface area contributed by atoms with E-state index < -0.39 is 6.10 Å². The Morgan fingerprint density at radius 3 is 2.81 bits per heavy atom. The Labute approximate surface area is 133 Å². The molecule has 1 heterocycles. The van der Waals surface area contributed by atoms with Crippen LogP contribution in [0, 0.1) is 6.92 Å². The van der Waals surface area contributed by atoms with Crippen LogP contribution < -0.4 is 10.1 Å². The zero-order valence-corrected chi connectivity index (χ0v) is 13.1. The molecule has 0 aliphatic rings. The SMILES string of the molecule is Cc1ccc(CNCC(O)COc2cccc(Cl)c2Cl)o1. The van der Waals surface area contributed by atoms with E-state index in [0.29, 0.717) is 28.9 Å². The van der Waals surface area contributed by atoms with Gasteiger partial charge in [-0.3, -0.25) is 0 Å². The van der Waals surface area contributed by atoms with Crippen LogP contribution in [-0.4, -0.2) is 24.4 Å². The summed E-state index contributed by atoms with van der Waals surface area (Å²) in [5.74, 6) is 2.16. The van der Waals surface area contributed by atoms with Crippen molar-refractivity contribution < 1.29 is 14.3 Å². The summed E-state index contributed by atoms with van der Waals surface area (Å²) in [4.78, 5) is 0. The first-order valence-electron chi connectivity index (χ1n) is 6.57. The van der Waals surface area contributed by atoms with Crippen molar-refractivity contribution >= 4 is 23.2 Å². The fourth-order valence-corrected chi connectivity index (χ4v) is 2.13. The van der Waals surface area contributed by atoms with Crippen LogP contribution in [0.1, 0.15) is 11.5 Å². The van der Waals surface area contributed by atoms with E-state index in [1.807, 2.05) is 19.1 Å². The number of nitrogens with one attached hydrogen (secondary N) is 1. The van der Waals surface area contributed by atoms with Gasteiger partial charge in [0.05, 0.1) is 11.6 Å². The van der Waals surface area contributed by atoms with Crippen molar-refractivity contribution in [1.29, 1.82) is 0 Å². The summed E-state index contributed by atoms with van der Waals surface area (Å²) in [7, 11) is 0. The Balaban J connectivity index is 1.72. The van der Waals surface area contributed by atoms with E-state index in [4.69, 9.17) is 32.4 Å². The van der Waals surface area contributed by atoms with Crippen LogP contribution >= 0.6 is 23.2 Å². The molecule has 0 aliphatic carbocycles. The molecule has 2 aromatic rings. The summed E-state index contributed by atoms with van der Waals surface area (Å²) in [6, 6.07) is 8.93. The molecule has 114 valence electrons. The first kappa shape index (κ1) is 16.2. The molecule has 0 amide bonds. The summed E-state index contributed by atoms with van der Waals surface area (Å²) in [6.07, 6.45) is -0.656. The van der Waals surface area contributed by atoms with Crippen LogP contribution in [0.3, 0.4) is 0 Å². The molecule has 4 nitrogen and oxygen atoms in total. The molecule has 1 atom stereocenters. The highest BCUT2D eigenvalue weighted by molar-refractivity contribution is 6.42. The van der Waals surface area contributed by atoms with Crippen molar-refractivity contribution in [1.82, 2.24) is 5.32 Å². The van der Waals surface area contributed by atoms with Gasteiger partial charge in [-0.1, -0.05) is 29.3 Å². The highest BCUT2D eigenvalue weighted by Gasteiger charge is 2.09. The van der Waals surface area contributed by atoms with Gasteiger partial charge in [-0.05, 0) is 31.2 Å². The van der Waals surface area contributed by atoms with E-state index in [-0.39, 0.29) is 6.61 Å². The maximum atomic E-state index is 9.86. The number of rotatable bonds is 7. The molecule has 2 N–H and O–H groups in total. The molecule has 21 heavy (non-hydrogen) atoms. The number of halogens is 2. The minimum Gasteiger partial charge on any atom is -0.489 e. The number of furan rings is 1. The van der Waals surface area contributed by atoms with E-state index >= 15 is 0 Å². The van der Waals surface area contributed by atoms with E-state index in [2.05, 4.69) is 5.32 Å². The van der Waals surface area contributed by atoms with Crippen molar-refractivity contribution in [2.75, 3.05) is 13.2 Å². The van der Waals surface area contributed by atoms with Crippen LogP contribution in [0.2, 0.25) is 10.0 Å². The van der Waals surface area contributed by atoms with Crippen molar-refractivity contribution in [3.63, 3.8) is 0 Å². The Morgan fingerprint density at radius 1 is 1.29 bits per heavy atom. The van der Waals surface area contributed by atoms with Gasteiger partial charge in [-0.15, -0.1) is 0 Å². The molecule has 1 aromatic heterocycles. The fourth-order valence-electron chi connectivity index (χ4n) is 1.78. The molecule has 0 radical (unpaired) electrons. The number of aryl methyl sites for hydroxylation is 1. The second kappa shape index (κ2) is 7.71. The third-order valence-electron chi connectivity index (χ3n) is 2.82. The largest absolute Gasteiger partial charge is 0.489 e. The van der Waals surface area contributed by atoms with Gasteiger partial charge in [0.25, 0.3) is 0 Å². The molecule has 0 saturated heterocycles. The summed E-state index contributed by atoms with van der Waals surface area (Å²) >= 11 is 11.9. The molecule has 1 aromatic carbocycles. The average molecular weight is 330 g/mol. The topological polar surface area (TPSA) is 54.6 Å². The highest BCUT2D eigenvalue weighted by Crippen LogP contribution is 2.31. The van der Waals surface area contributed by atoms with E-state index in [9.17, 15) is 5.11 Å². The number of hydrogen-bond donors (Lipinski definition) is 2. The first-order chi connectivity index (χ1) is 10.1. The van der Waals surface area contributed by atoms with Crippen LogP contribution in [0.15, 0.2) is 34.7 Å². The second-order valence-corrected chi connectivity index (χ2v) is 5.45. The Kier molecular flexibility index (Phi) is 5.94. The Bertz CT molecular complexity index is 586. The van der Waals surface area contributed by atoms with Crippen LogP contribution in [0.4, 0.5) is 0 Å². The molecule has 0 saturated carbocycles. The van der Waals surface area contributed by atoms with Gasteiger partial charge in [-0.2, -0.15) is 0 Å². The Morgan fingerprint density at radius 2 is 2.10 bits per heavy atom. The average Bonchev–Trinajstić information content (AvgIpc) is 2.86. The van der Waals surface area contributed by atoms with Gasteiger partial charge >= 0.3 is 0 Å². The van der Waals surface area contributed by atoms with Gasteiger partial charge in [0.2, 0.25) is 0 Å².